The molecule has 0 aromatic carbocycles. The van der Waals surface area contributed by atoms with Crippen molar-refractivity contribution in [1.29, 1.82) is 0 Å². The summed E-state index contributed by atoms with van der Waals surface area (Å²) in [4.78, 5) is 9.55. The molecule has 0 saturated heterocycles. The number of nitrogens with two attached hydrogens (primary N) is 1. The Hall–Kier alpha value is -1.33. The van der Waals surface area contributed by atoms with Crippen molar-refractivity contribution in [3.8, 4) is 0 Å². The Morgan fingerprint density at radius 2 is 2.33 bits per heavy atom. The molecule has 0 atom stereocenters. The normalized spacial score (nSPS) is 10.0. The van der Waals surface area contributed by atoms with Gasteiger partial charge in [-0.15, -0.1) is 6.58 Å². The van der Waals surface area contributed by atoms with Crippen molar-refractivity contribution >= 4 is 23.1 Å². The minimum absolute atomic E-state index is 0.00883. The van der Waals surface area contributed by atoms with Crippen LogP contribution in [0.4, 0.5) is 11.5 Å². The lowest BCUT2D eigenvalue weighted by molar-refractivity contribution is 0.302. The van der Waals surface area contributed by atoms with Crippen LogP contribution in [0.5, 0.6) is 0 Å². The van der Waals surface area contributed by atoms with Gasteiger partial charge in [0.25, 0.3) is 0 Å². The van der Waals surface area contributed by atoms with E-state index in [1.54, 1.807) is 11.0 Å². The Labute approximate surface area is 93.2 Å². The number of aliphatic hydroxyl groups excluding tert-OH is 1. The third-order valence-electron chi connectivity index (χ3n) is 1.83. The molecule has 1 aromatic heterocycles. The molecule has 0 unspecified atom stereocenters. The van der Waals surface area contributed by atoms with Crippen molar-refractivity contribution in [3.05, 3.63) is 24.1 Å². The van der Waals surface area contributed by atoms with Crippen LogP contribution in [0, 0.1) is 0 Å². The second kappa shape index (κ2) is 5.53. The Kier molecular flexibility index (Phi) is 4.33. The molecule has 1 aromatic rings. The molecule has 0 radical (unpaired) electrons. The van der Waals surface area contributed by atoms with E-state index in [0.717, 1.165) is 0 Å². The monoisotopic (exact) mass is 228 g/mol. The van der Waals surface area contributed by atoms with E-state index in [4.69, 9.17) is 22.4 Å². The summed E-state index contributed by atoms with van der Waals surface area (Å²) in [5.74, 6) is 0.518. The highest BCUT2D eigenvalue weighted by molar-refractivity contribution is 6.32. The first kappa shape index (κ1) is 11.7. The number of anilines is 2. The van der Waals surface area contributed by atoms with E-state index >= 15 is 0 Å². The van der Waals surface area contributed by atoms with Gasteiger partial charge in [0, 0.05) is 13.1 Å². The molecule has 6 heteroatoms. The second-order valence-electron chi connectivity index (χ2n) is 2.86. The minimum Gasteiger partial charge on any atom is -0.395 e. The second-order valence-corrected chi connectivity index (χ2v) is 3.22. The Balaban J connectivity index is 2.99. The third-order valence-corrected chi connectivity index (χ3v) is 2.13. The summed E-state index contributed by atoms with van der Waals surface area (Å²) in [6.07, 6.45) is 3.03. The number of nitrogens with zero attached hydrogens (tertiary/aromatic N) is 3. The fourth-order valence-electron chi connectivity index (χ4n) is 1.18. The topological polar surface area (TPSA) is 75.3 Å². The lowest BCUT2D eigenvalue weighted by atomic mass is 10.4. The van der Waals surface area contributed by atoms with Gasteiger partial charge in [-0.3, -0.25) is 0 Å². The van der Waals surface area contributed by atoms with Gasteiger partial charge < -0.3 is 15.7 Å². The summed E-state index contributed by atoms with van der Waals surface area (Å²) in [6, 6.07) is 0. The quantitative estimate of drug-likeness (QED) is 0.573. The third kappa shape index (κ3) is 2.81. The smallest absolute Gasteiger partial charge is 0.157 e. The van der Waals surface area contributed by atoms with Crippen molar-refractivity contribution in [2.24, 2.45) is 0 Å². The van der Waals surface area contributed by atoms with E-state index < -0.39 is 0 Å². The standard InChI is InChI=1S/C9H13ClN4O/c1-2-3-14(4-5-15)9-7(11)8(10)12-6-13-9/h2,6,15H,1,3-5,11H2. The Morgan fingerprint density at radius 1 is 1.60 bits per heavy atom. The summed E-state index contributed by atoms with van der Waals surface area (Å²) < 4.78 is 0. The first-order valence-corrected chi connectivity index (χ1v) is 4.81. The molecule has 3 N–H and O–H groups in total. The molecule has 0 aliphatic carbocycles. The van der Waals surface area contributed by atoms with E-state index in [1.807, 2.05) is 0 Å². The number of hydrogen-bond donors (Lipinski definition) is 2. The number of nitrogen functional groups attached to an aromatic ring is 1. The molecule has 0 spiro atoms. The summed E-state index contributed by atoms with van der Waals surface area (Å²) in [5.41, 5.74) is 6.04. The van der Waals surface area contributed by atoms with Crippen LogP contribution < -0.4 is 10.6 Å². The van der Waals surface area contributed by atoms with Crippen LogP contribution in [0.3, 0.4) is 0 Å². The van der Waals surface area contributed by atoms with Gasteiger partial charge in [-0.05, 0) is 0 Å². The van der Waals surface area contributed by atoms with Crippen molar-refractivity contribution < 1.29 is 5.11 Å². The van der Waals surface area contributed by atoms with Gasteiger partial charge in [0.15, 0.2) is 11.0 Å². The van der Waals surface area contributed by atoms with Crippen LogP contribution in [0.25, 0.3) is 0 Å². The van der Waals surface area contributed by atoms with Gasteiger partial charge in [-0.1, -0.05) is 17.7 Å². The molecular formula is C9H13ClN4O. The molecule has 1 rings (SSSR count). The molecule has 0 amide bonds. The molecule has 0 aliphatic heterocycles. The van der Waals surface area contributed by atoms with Gasteiger partial charge in [-0.2, -0.15) is 0 Å². The molecule has 82 valence electrons. The number of aliphatic hydroxyl groups is 1. The van der Waals surface area contributed by atoms with E-state index in [9.17, 15) is 0 Å². The summed E-state index contributed by atoms with van der Waals surface area (Å²) in [7, 11) is 0. The van der Waals surface area contributed by atoms with Gasteiger partial charge in [-0.25, -0.2) is 9.97 Å². The molecule has 0 fully saturated rings. The van der Waals surface area contributed by atoms with Crippen LogP contribution in [0.2, 0.25) is 5.15 Å². The Morgan fingerprint density at radius 3 is 2.93 bits per heavy atom. The highest BCUT2D eigenvalue weighted by Gasteiger charge is 2.12. The average molecular weight is 229 g/mol. The van der Waals surface area contributed by atoms with Crippen LogP contribution >= 0.6 is 11.6 Å². The average Bonchev–Trinajstić information content (AvgIpc) is 2.22. The predicted molar refractivity (Wildman–Crippen MR) is 61.0 cm³/mol. The van der Waals surface area contributed by atoms with Gasteiger partial charge in [0.05, 0.1) is 6.61 Å². The van der Waals surface area contributed by atoms with Gasteiger partial charge in [0.1, 0.15) is 12.0 Å². The van der Waals surface area contributed by atoms with E-state index in [0.29, 0.717) is 24.6 Å². The van der Waals surface area contributed by atoms with Crippen molar-refractivity contribution in [2.75, 3.05) is 30.3 Å². The summed E-state index contributed by atoms with van der Waals surface area (Å²) >= 11 is 5.77. The minimum atomic E-state index is 0.00883. The van der Waals surface area contributed by atoms with E-state index in [1.165, 1.54) is 6.33 Å². The van der Waals surface area contributed by atoms with Crippen molar-refractivity contribution in [2.45, 2.75) is 0 Å². The maximum absolute atomic E-state index is 8.89. The fourth-order valence-corrected chi connectivity index (χ4v) is 1.31. The number of rotatable bonds is 5. The molecule has 15 heavy (non-hydrogen) atoms. The van der Waals surface area contributed by atoms with Crippen LogP contribution in [-0.2, 0) is 0 Å². The van der Waals surface area contributed by atoms with E-state index in [-0.39, 0.29) is 11.8 Å². The number of halogens is 1. The molecule has 0 bridgehead atoms. The van der Waals surface area contributed by atoms with Crippen molar-refractivity contribution in [3.63, 3.8) is 0 Å². The maximum Gasteiger partial charge on any atom is 0.157 e. The van der Waals surface area contributed by atoms with Gasteiger partial charge >= 0.3 is 0 Å². The van der Waals surface area contributed by atoms with Crippen LogP contribution in [0.1, 0.15) is 0 Å². The van der Waals surface area contributed by atoms with Crippen LogP contribution in [0.15, 0.2) is 19.0 Å². The van der Waals surface area contributed by atoms with Crippen LogP contribution in [-0.4, -0.2) is 34.8 Å². The lowest BCUT2D eigenvalue weighted by Crippen LogP contribution is -2.28. The zero-order chi connectivity index (χ0) is 11.3. The van der Waals surface area contributed by atoms with E-state index in [2.05, 4.69) is 16.5 Å². The zero-order valence-electron chi connectivity index (χ0n) is 8.23. The predicted octanol–water partition coefficient (Wildman–Crippen LogP) is 0.697. The van der Waals surface area contributed by atoms with Crippen molar-refractivity contribution in [1.82, 2.24) is 9.97 Å². The molecular weight excluding hydrogens is 216 g/mol. The molecule has 0 saturated carbocycles. The fraction of sp³-hybridized carbons (Fsp3) is 0.333. The Bertz CT molecular complexity index is 345. The lowest BCUT2D eigenvalue weighted by Gasteiger charge is -2.22. The zero-order valence-corrected chi connectivity index (χ0v) is 8.98. The highest BCUT2D eigenvalue weighted by atomic mass is 35.5. The largest absolute Gasteiger partial charge is 0.395 e. The summed E-state index contributed by atoms with van der Waals surface area (Å²) in [6.45, 7) is 4.59. The number of aromatic nitrogens is 2. The molecule has 5 nitrogen and oxygen atoms in total. The molecule has 1 heterocycles. The maximum atomic E-state index is 8.89. The number of hydrogen-bond acceptors (Lipinski definition) is 5. The summed E-state index contributed by atoms with van der Waals surface area (Å²) in [5, 5.41) is 9.11. The van der Waals surface area contributed by atoms with Gasteiger partial charge in [0.2, 0.25) is 0 Å². The SMILES string of the molecule is C=CCN(CCO)c1ncnc(Cl)c1N. The first-order chi connectivity index (χ1) is 7.20. The molecule has 0 aliphatic rings. The highest BCUT2D eigenvalue weighted by Crippen LogP contribution is 2.25. The first-order valence-electron chi connectivity index (χ1n) is 4.43.